The van der Waals surface area contributed by atoms with Crippen LogP contribution in [0, 0.1) is 0 Å². The molecular weight excluding hydrogens is 202 g/mol. The average Bonchev–Trinajstić information content (AvgIpc) is 2.54. The average molecular weight is 219 g/mol. The van der Waals surface area contributed by atoms with E-state index >= 15 is 0 Å². The third kappa shape index (κ3) is 2.52. The summed E-state index contributed by atoms with van der Waals surface area (Å²) < 4.78 is 0. The number of nitrogens with two attached hydrogens (primary N) is 1. The Morgan fingerprint density at radius 3 is 3.12 bits per heavy atom. The summed E-state index contributed by atoms with van der Waals surface area (Å²) in [6, 6.07) is 8.07. The quantitative estimate of drug-likeness (QED) is 0.760. The van der Waals surface area contributed by atoms with Gasteiger partial charge in [0.2, 0.25) is 5.91 Å². The number of hydrogen-bond donors (Lipinski definition) is 2. The molecule has 0 spiro atoms. The number of hydrogen-bond acceptors (Lipinski definition) is 3. The fourth-order valence-electron chi connectivity index (χ4n) is 1.91. The smallest absolute Gasteiger partial charge is 0.239 e. The van der Waals surface area contributed by atoms with Crippen LogP contribution in [-0.4, -0.2) is 25.5 Å². The van der Waals surface area contributed by atoms with Gasteiger partial charge in [0.25, 0.3) is 0 Å². The van der Waals surface area contributed by atoms with Crippen LogP contribution < -0.4 is 16.0 Å². The normalized spacial score (nSPS) is 16.8. The van der Waals surface area contributed by atoms with Gasteiger partial charge in [-0.1, -0.05) is 12.1 Å². The maximum absolute atomic E-state index is 11.4. The summed E-state index contributed by atoms with van der Waals surface area (Å²) in [5.41, 5.74) is 7.79. The molecule has 1 aliphatic heterocycles. The van der Waals surface area contributed by atoms with E-state index in [9.17, 15) is 4.79 Å². The number of rotatable bonds is 2. The SMILES string of the molecule is NCc1cccc(N2CCCNC(=O)C2)c1. The fraction of sp³-hybridized carbons (Fsp3) is 0.417. The number of nitrogens with one attached hydrogen (secondary N) is 1. The molecule has 1 amide bonds. The van der Waals surface area contributed by atoms with E-state index in [4.69, 9.17) is 5.73 Å². The Balaban J connectivity index is 2.17. The zero-order valence-corrected chi connectivity index (χ0v) is 9.28. The standard InChI is InChI=1S/C12H17N3O/c13-8-10-3-1-4-11(7-10)15-6-2-5-14-12(16)9-15/h1,3-4,7H,2,5-6,8-9,13H2,(H,14,16). The molecule has 1 aromatic carbocycles. The number of carbonyl (C=O) groups excluding carboxylic acids is 1. The minimum Gasteiger partial charge on any atom is -0.362 e. The second kappa shape index (κ2) is 4.99. The van der Waals surface area contributed by atoms with Crippen molar-refractivity contribution in [2.45, 2.75) is 13.0 Å². The van der Waals surface area contributed by atoms with Gasteiger partial charge in [-0.2, -0.15) is 0 Å². The first-order valence-electron chi connectivity index (χ1n) is 5.60. The molecule has 0 atom stereocenters. The zero-order chi connectivity index (χ0) is 11.4. The number of anilines is 1. The van der Waals surface area contributed by atoms with Crippen molar-refractivity contribution in [3.8, 4) is 0 Å². The summed E-state index contributed by atoms with van der Waals surface area (Å²) in [6.45, 7) is 2.65. The van der Waals surface area contributed by atoms with E-state index in [0.717, 1.165) is 30.8 Å². The van der Waals surface area contributed by atoms with Gasteiger partial charge in [-0.25, -0.2) is 0 Å². The molecule has 1 aliphatic rings. The van der Waals surface area contributed by atoms with Crippen molar-refractivity contribution in [1.29, 1.82) is 0 Å². The van der Waals surface area contributed by atoms with Gasteiger partial charge in [0.05, 0.1) is 6.54 Å². The highest BCUT2D eigenvalue weighted by Crippen LogP contribution is 2.16. The second-order valence-electron chi connectivity index (χ2n) is 4.00. The van der Waals surface area contributed by atoms with Crippen LogP contribution in [0.4, 0.5) is 5.69 Å². The summed E-state index contributed by atoms with van der Waals surface area (Å²) in [7, 11) is 0. The lowest BCUT2D eigenvalue weighted by atomic mass is 10.2. The van der Waals surface area contributed by atoms with Crippen LogP contribution in [0.15, 0.2) is 24.3 Å². The highest BCUT2D eigenvalue weighted by molar-refractivity contribution is 5.81. The van der Waals surface area contributed by atoms with E-state index in [2.05, 4.69) is 16.3 Å². The molecule has 0 aromatic heterocycles. The monoisotopic (exact) mass is 219 g/mol. The van der Waals surface area contributed by atoms with Gasteiger partial charge < -0.3 is 16.0 Å². The third-order valence-corrected chi connectivity index (χ3v) is 2.77. The third-order valence-electron chi connectivity index (χ3n) is 2.77. The maximum atomic E-state index is 11.4. The molecule has 1 heterocycles. The Kier molecular flexibility index (Phi) is 3.41. The summed E-state index contributed by atoms with van der Waals surface area (Å²) in [5.74, 6) is 0.0932. The van der Waals surface area contributed by atoms with Crippen LogP contribution >= 0.6 is 0 Å². The number of nitrogens with zero attached hydrogens (tertiary/aromatic N) is 1. The lowest BCUT2D eigenvalue weighted by Crippen LogP contribution is -2.33. The number of carbonyl (C=O) groups is 1. The number of benzene rings is 1. The predicted octanol–water partition coefficient (Wildman–Crippen LogP) is 0.472. The number of amides is 1. The first-order chi connectivity index (χ1) is 7.79. The van der Waals surface area contributed by atoms with Crippen LogP contribution in [0.3, 0.4) is 0 Å². The van der Waals surface area contributed by atoms with Crippen LogP contribution in [0.5, 0.6) is 0 Å². The Morgan fingerprint density at radius 2 is 2.31 bits per heavy atom. The van der Waals surface area contributed by atoms with Gasteiger partial charge in [-0.15, -0.1) is 0 Å². The van der Waals surface area contributed by atoms with E-state index in [1.807, 2.05) is 18.2 Å². The molecule has 4 heteroatoms. The van der Waals surface area contributed by atoms with Crippen molar-refractivity contribution in [3.05, 3.63) is 29.8 Å². The van der Waals surface area contributed by atoms with E-state index in [0.29, 0.717) is 13.1 Å². The van der Waals surface area contributed by atoms with Gasteiger partial charge >= 0.3 is 0 Å². The minimum atomic E-state index is 0.0932. The van der Waals surface area contributed by atoms with Gasteiger partial charge in [-0.3, -0.25) is 4.79 Å². The molecule has 1 saturated heterocycles. The van der Waals surface area contributed by atoms with Crippen molar-refractivity contribution in [3.63, 3.8) is 0 Å². The maximum Gasteiger partial charge on any atom is 0.239 e. The van der Waals surface area contributed by atoms with Gasteiger partial charge in [0.15, 0.2) is 0 Å². The largest absolute Gasteiger partial charge is 0.362 e. The zero-order valence-electron chi connectivity index (χ0n) is 9.28. The first-order valence-corrected chi connectivity index (χ1v) is 5.60. The summed E-state index contributed by atoms with van der Waals surface area (Å²) in [4.78, 5) is 13.5. The molecule has 1 fully saturated rings. The van der Waals surface area contributed by atoms with Crippen molar-refractivity contribution < 1.29 is 4.79 Å². The molecule has 4 nitrogen and oxygen atoms in total. The molecule has 1 aromatic rings. The van der Waals surface area contributed by atoms with Crippen LogP contribution in [0.25, 0.3) is 0 Å². The summed E-state index contributed by atoms with van der Waals surface area (Å²) >= 11 is 0. The molecule has 86 valence electrons. The molecule has 0 aliphatic carbocycles. The van der Waals surface area contributed by atoms with Gasteiger partial charge in [0, 0.05) is 25.3 Å². The molecule has 16 heavy (non-hydrogen) atoms. The van der Waals surface area contributed by atoms with E-state index < -0.39 is 0 Å². The van der Waals surface area contributed by atoms with Crippen LogP contribution in [-0.2, 0) is 11.3 Å². The van der Waals surface area contributed by atoms with E-state index in [1.165, 1.54) is 0 Å². The topological polar surface area (TPSA) is 58.4 Å². The van der Waals surface area contributed by atoms with Crippen molar-refractivity contribution >= 4 is 11.6 Å². The molecule has 0 unspecified atom stereocenters. The lowest BCUT2D eigenvalue weighted by Gasteiger charge is -2.21. The Labute approximate surface area is 95.4 Å². The first kappa shape index (κ1) is 11.0. The summed E-state index contributed by atoms with van der Waals surface area (Å²) in [5, 5.41) is 2.87. The van der Waals surface area contributed by atoms with Crippen LogP contribution in [0.2, 0.25) is 0 Å². The predicted molar refractivity (Wildman–Crippen MR) is 64.2 cm³/mol. The van der Waals surface area contributed by atoms with Gasteiger partial charge in [-0.05, 0) is 24.1 Å². The molecular formula is C12H17N3O. The highest BCUT2D eigenvalue weighted by atomic mass is 16.2. The molecule has 0 radical (unpaired) electrons. The highest BCUT2D eigenvalue weighted by Gasteiger charge is 2.14. The molecule has 2 rings (SSSR count). The van der Waals surface area contributed by atoms with E-state index in [1.54, 1.807) is 0 Å². The minimum absolute atomic E-state index is 0.0932. The van der Waals surface area contributed by atoms with Gasteiger partial charge in [0.1, 0.15) is 0 Å². The van der Waals surface area contributed by atoms with E-state index in [-0.39, 0.29) is 5.91 Å². The van der Waals surface area contributed by atoms with Crippen molar-refractivity contribution in [2.75, 3.05) is 24.5 Å². The molecule has 0 saturated carbocycles. The fourth-order valence-corrected chi connectivity index (χ4v) is 1.91. The Hall–Kier alpha value is -1.55. The Bertz CT molecular complexity index is 378. The van der Waals surface area contributed by atoms with Crippen molar-refractivity contribution in [2.24, 2.45) is 5.73 Å². The van der Waals surface area contributed by atoms with Crippen LogP contribution in [0.1, 0.15) is 12.0 Å². The second-order valence-corrected chi connectivity index (χ2v) is 4.00. The summed E-state index contributed by atoms with van der Waals surface area (Å²) in [6.07, 6.45) is 0.985. The Morgan fingerprint density at radius 1 is 1.44 bits per heavy atom. The van der Waals surface area contributed by atoms with Crippen molar-refractivity contribution in [1.82, 2.24) is 5.32 Å². The lowest BCUT2D eigenvalue weighted by molar-refractivity contribution is -0.119. The molecule has 3 N–H and O–H groups in total. The molecule has 0 bridgehead atoms.